The van der Waals surface area contributed by atoms with Gasteiger partial charge in [-0.1, -0.05) is 19.4 Å². The van der Waals surface area contributed by atoms with Crippen molar-refractivity contribution in [1.82, 2.24) is 0 Å². The zero-order valence-corrected chi connectivity index (χ0v) is 18.9. The molecule has 5 nitrogen and oxygen atoms in total. The van der Waals surface area contributed by atoms with Crippen LogP contribution in [0.4, 0.5) is 0 Å². The molecule has 0 saturated heterocycles. The maximum atomic E-state index is 12.9. The minimum absolute atomic E-state index is 0.0287. The largest absolute Gasteiger partial charge is 0.451 e. The fourth-order valence-corrected chi connectivity index (χ4v) is 9.03. The average Bonchev–Trinajstić information content (AvgIpc) is 3.43. The molecule has 0 bridgehead atoms. The van der Waals surface area contributed by atoms with Crippen molar-refractivity contribution >= 4 is 29.1 Å². The number of rotatable bonds is 2. The second-order valence-corrected chi connectivity index (χ2v) is 11.4. The number of halogens is 1. The van der Waals surface area contributed by atoms with Crippen molar-refractivity contribution in [2.75, 3.05) is 0 Å². The van der Waals surface area contributed by atoms with Crippen molar-refractivity contribution in [3.05, 3.63) is 11.1 Å². The van der Waals surface area contributed by atoms with Crippen molar-refractivity contribution in [2.45, 2.75) is 83.3 Å². The lowest BCUT2D eigenvalue weighted by atomic mass is 9.44. The van der Waals surface area contributed by atoms with Crippen LogP contribution in [0.2, 0.25) is 0 Å². The number of carbonyl (C=O) groups is 3. The van der Waals surface area contributed by atoms with Gasteiger partial charge in [0.25, 0.3) is 0 Å². The summed E-state index contributed by atoms with van der Waals surface area (Å²) >= 11 is 6.97. The van der Waals surface area contributed by atoms with Gasteiger partial charge in [-0.15, -0.1) is 11.6 Å². The van der Waals surface area contributed by atoms with Crippen molar-refractivity contribution in [2.24, 2.45) is 34.5 Å². The molecule has 0 aromatic rings. The quantitative estimate of drug-likeness (QED) is 0.530. The molecule has 9 atom stereocenters. The molecular weight excluding hydrogens is 404 g/mol. The van der Waals surface area contributed by atoms with Gasteiger partial charge in [0.05, 0.1) is 11.5 Å². The highest BCUT2D eigenvalue weighted by atomic mass is 35.5. The smallest absolute Gasteiger partial charge is 0.303 e. The molecule has 5 rings (SSSR count). The minimum Gasteiger partial charge on any atom is -0.451 e. The van der Waals surface area contributed by atoms with E-state index in [2.05, 4.69) is 13.8 Å². The summed E-state index contributed by atoms with van der Waals surface area (Å²) in [5, 5.41) is 10.8. The van der Waals surface area contributed by atoms with E-state index >= 15 is 0 Å². The molecule has 0 aliphatic heterocycles. The van der Waals surface area contributed by atoms with E-state index in [1.807, 2.05) is 0 Å². The third-order valence-corrected chi connectivity index (χ3v) is 10.5. The first-order valence-corrected chi connectivity index (χ1v) is 11.7. The monoisotopic (exact) mass is 434 g/mol. The van der Waals surface area contributed by atoms with Crippen LogP contribution in [0.5, 0.6) is 0 Å². The molecule has 0 aromatic heterocycles. The zero-order valence-electron chi connectivity index (χ0n) is 18.2. The molecule has 3 saturated carbocycles. The first-order valence-electron chi connectivity index (χ1n) is 11.3. The van der Waals surface area contributed by atoms with E-state index in [1.54, 1.807) is 0 Å². The van der Waals surface area contributed by atoms with Crippen molar-refractivity contribution < 1.29 is 24.2 Å². The number of hydrogen-bond acceptors (Lipinski definition) is 5. The Labute approximate surface area is 182 Å². The molecule has 164 valence electrons. The van der Waals surface area contributed by atoms with E-state index in [-0.39, 0.29) is 40.7 Å². The van der Waals surface area contributed by atoms with Gasteiger partial charge in [-0.3, -0.25) is 14.4 Å². The normalized spacial score (nSPS) is 51.5. The summed E-state index contributed by atoms with van der Waals surface area (Å²) in [4.78, 5) is 37.3. The second kappa shape index (κ2) is 6.19. The Hall–Kier alpha value is -1.20. The fraction of sp³-hybridized carbons (Fsp3) is 0.792. The number of ether oxygens (including phenoxy) is 1. The van der Waals surface area contributed by atoms with Crippen LogP contribution in [0.15, 0.2) is 11.1 Å². The highest BCUT2D eigenvalue weighted by Crippen LogP contribution is 2.72. The lowest BCUT2D eigenvalue weighted by Gasteiger charge is -2.62. The van der Waals surface area contributed by atoms with Gasteiger partial charge in [0.1, 0.15) is 0 Å². The van der Waals surface area contributed by atoms with Gasteiger partial charge in [-0.25, -0.2) is 0 Å². The SMILES string of the molecule is CC(=O)O[C@]1(C(C)=O)CC[C@H]2[C@@H]3[C@H](Cl)[C@@H](O)C4CC(=O)C5=C(C5)[C@]4(C)[C@H]3CC[C@@]21C. The number of fused-ring (bicyclic) bond motifs is 6. The zero-order chi connectivity index (χ0) is 21.8. The third-order valence-electron chi connectivity index (χ3n) is 9.97. The lowest BCUT2D eigenvalue weighted by Crippen LogP contribution is -2.64. The second-order valence-electron chi connectivity index (χ2n) is 10.8. The molecule has 5 aliphatic rings. The number of ketones is 2. The van der Waals surface area contributed by atoms with Crippen LogP contribution in [0.25, 0.3) is 0 Å². The molecule has 1 N–H and O–H groups in total. The topological polar surface area (TPSA) is 80.7 Å². The Morgan fingerprint density at radius 3 is 2.40 bits per heavy atom. The molecule has 5 aliphatic carbocycles. The molecular formula is C24H31ClO5. The summed E-state index contributed by atoms with van der Waals surface area (Å²) < 4.78 is 5.80. The number of hydrogen-bond donors (Lipinski definition) is 1. The van der Waals surface area contributed by atoms with Crippen LogP contribution in [0.1, 0.15) is 66.2 Å². The molecule has 1 unspecified atom stereocenters. The maximum absolute atomic E-state index is 12.9. The maximum Gasteiger partial charge on any atom is 0.303 e. The van der Waals surface area contributed by atoms with E-state index in [4.69, 9.17) is 16.3 Å². The van der Waals surface area contributed by atoms with Gasteiger partial charge in [0, 0.05) is 24.7 Å². The number of Topliss-reactive ketones (excluding diaryl/α,β-unsaturated/α-hetero) is 2. The molecule has 0 radical (unpaired) electrons. The molecule has 0 spiro atoms. The summed E-state index contributed by atoms with van der Waals surface area (Å²) in [6, 6.07) is 0. The Morgan fingerprint density at radius 1 is 1.10 bits per heavy atom. The number of alkyl halides is 1. The first-order chi connectivity index (χ1) is 14.0. The number of carbonyl (C=O) groups excluding carboxylic acids is 3. The van der Waals surface area contributed by atoms with Crippen LogP contribution >= 0.6 is 11.6 Å². The summed E-state index contributed by atoms with van der Waals surface area (Å²) in [6.45, 7) is 7.22. The number of allylic oxidation sites excluding steroid dienone is 2. The van der Waals surface area contributed by atoms with Crippen molar-refractivity contribution in [1.29, 1.82) is 0 Å². The molecule has 0 amide bonds. The molecule has 3 fully saturated rings. The van der Waals surface area contributed by atoms with Gasteiger partial charge in [-0.2, -0.15) is 0 Å². The van der Waals surface area contributed by atoms with E-state index in [0.29, 0.717) is 12.8 Å². The Bertz CT molecular complexity index is 894. The minimum atomic E-state index is -1.11. The number of aliphatic hydroxyl groups excluding tert-OH is 1. The lowest BCUT2D eigenvalue weighted by molar-refractivity contribution is -0.192. The van der Waals surface area contributed by atoms with Crippen LogP contribution in [0.3, 0.4) is 0 Å². The molecule has 30 heavy (non-hydrogen) atoms. The van der Waals surface area contributed by atoms with E-state index in [1.165, 1.54) is 19.4 Å². The predicted molar refractivity (Wildman–Crippen MR) is 111 cm³/mol. The van der Waals surface area contributed by atoms with E-state index in [0.717, 1.165) is 31.3 Å². The number of esters is 1. The summed E-state index contributed by atoms with van der Waals surface area (Å²) in [6.07, 6.45) is 3.33. The standard InChI is InChI=1S/C24H31ClO5/c1-11(26)24(30-12(2)27)8-6-14-19-15(5-7-22(14,24)3)23(4)16-9-13(16)18(28)10-17(23)21(29)20(19)25/h14-15,17,19-21,29H,5-10H2,1-4H3/t14-,15-,17?,19-,20-,21-,22-,23-,24-/m0/s1. The molecule has 6 heteroatoms. The highest BCUT2D eigenvalue weighted by molar-refractivity contribution is 6.21. The summed E-state index contributed by atoms with van der Waals surface area (Å²) in [5.74, 6) is -0.0790. The van der Waals surface area contributed by atoms with Crippen LogP contribution < -0.4 is 0 Å². The Balaban J connectivity index is 1.59. The molecule has 0 heterocycles. The predicted octanol–water partition coefficient (Wildman–Crippen LogP) is 3.60. The first kappa shape index (κ1) is 20.7. The van der Waals surface area contributed by atoms with Gasteiger partial charge >= 0.3 is 5.97 Å². The average molecular weight is 435 g/mol. The van der Waals surface area contributed by atoms with Crippen LogP contribution in [-0.2, 0) is 19.1 Å². The van der Waals surface area contributed by atoms with Crippen molar-refractivity contribution in [3.8, 4) is 0 Å². The number of aliphatic hydroxyl groups is 1. The summed E-state index contributed by atoms with van der Waals surface area (Å²) in [7, 11) is 0. The van der Waals surface area contributed by atoms with Crippen molar-refractivity contribution in [3.63, 3.8) is 0 Å². The van der Waals surface area contributed by atoms with Gasteiger partial charge in [0.15, 0.2) is 17.2 Å². The van der Waals surface area contributed by atoms with Gasteiger partial charge in [0.2, 0.25) is 0 Å². The Kier molecular flexibility index (Phi) is 4.27. The van der Waals surface area contributed by atoms with E-state index < -0.39 is 28.5 Å². The van der Waals surface area contributed by atoms with Crippen LogP contribution in [0, 0.1) is 34.5 Å². The van der Waals surface area contributed by atoms with Crippen LogP contribution in [-0.4, -0.2) is 39.7 Å². The summed E-state index contributed by atoms with van der Waals surface area (Å²) in [5.41, 5.74) is 0.405. The van der Waals surface area contributed by atoms with Gasteiger partial charge in [-0.05, 0) is 67.8 Å². The van der Waals surface area contributed by atoms with Gasteiger partial charge < -0.3 is 9.84 Å². The van der Waals surface area contributed by atoms with E-state index in [9.17, 15) is 19.5 Å². The fourth-order valence-electron chi connectivity index (χ4n) is 8.50. The highest BCUT2D eigenvalue weighted by Gasteiger charge is 2.72. The Morgan fingerprint density at radius 2 is 1.77 bits per heavy atom. The third kappa shape index (κ3) is 2.26. The molecule has 0 aromatic carbocycles.